The van der Waals surface area contributed by atoms with Crippen LogP contribution in [-0.2, 0) is 9.59 Å². The van der Waals surface area contributed by atoms with Gasteiger partial charge in [0, 0.05) is 18.9 Å². The van der Waals surface area contributed by atoms with Gasteiger partial charge in [-0.1, -0.05) is 6.42 Å². The van der Waals surface area contributed by atoms with Gasteiger partial charge in [-0.2, -0.15) is 0 Å². The lowest BCUT2D eigenvalue weighted by atomic mass is 9.84. The molecule has 18 heavy (non-hydrogen) atoms. The SMILES string of the molecule is C[C@H](NC(=O)CCCC(=O)O)[C@@H]1C[C@H]2CC[C@H]1C2. The van der Waals surface area contributed by atoms with E-state index in [0.29, 0.717) is 18.8 Å². The van der Waals surface area contributed by atoms with Crippen LogP contribution in [-0.4, -0.2) is 23.0 Å². The normalized spacial score (nSPS) is 31.3. The number of hydrogen-bond acceptors (Lipinski definition) is 2. The maximum absolute atomic E-state index is 11.7. The van der Waals surface area contributed by atoms with Crippen LogP contribution in [0.3, 0.4) is 0 Å². The van der Waals surface area contributed by atoms with E-state index in [2.05, 4.69) is 12.2 Å². The molecule has 2 aliphatic carbocycles. The fraction of sp³-hybridized carbons (Fsp3) is 0.857. The number of fused-ring (bicyclic) bond motifs is 2. The van der Waals surface area contributed by atoms with Crippen LogP contribution in [0.2, 0.25) is 0 Å². The van der Waals surface area contributed by atoms with Crippen molar-refractivity contribution in [3.05, 3.63) is 0 Å². The highest BCUT2D eigenvalue weighted by Crippen LogP contribution is 2.49. The third kappa shape index (κ3) is 3.24. The average Bonchev–Trinajstić information content (AvgIpc) is 2.89. The Morgan fingerprint density at radius 2 is 2.06 bits per heavy atom. The largest absolute Gasteiger partial charge is 0.481 e. The summed E-state index contributed by atoms with van der Waals surface area (Å²) in [5.74, 6) is 1.53. The molecule has 0 aromatic carbocycles. The molecule has 2 aliphatic rings. The van der Waals surface area contributed by atoms with E-state index in [4.69, 9.17) is 5.11 Å². The van der Waals surface area contributed by atoms with Gasteiger partial charge in [-0.25, -0.2) is 0 Å². The number of carboxylic acids is 1. The predicted molar refractivity (Wildman–Crippen MR) is 68.0 cm³/mol. The molecular formula is C14H23NO3. The number of carboxylic acid groups (broad SMARTS) is 1. The Morgan fingerprint density at radius 3 is 2.61 bits per heavy atom. The molecule has 1 amide bonds. The average molecular weight is 253 g/mol. The molecule has 0 aromatic rings. The predicted octanol–water partition coefficient (Wildman–Crippen LogP) is 2.18. The third-order valence-corrected chi connectivity index (χ3v) is 4.62. The van der Waals surface area contributed by atoms with Crippen molar-refractivity contribution in [2.24, 2.45) is 17.8 Å². The number of hydrogen-bond donors (Lipinski definition) is 2. The monoisotopic (exact) mass is 253 g/mol. The van der Waals surface area contributed by atoms with Gasteiger partial charge in [0.1, 0.15) is 0 Å². The fourth-order valence-corrected chi connectivity index (χ4v) is 3.74. The second kappa shape index (κ2) is 5.72. The molecule has 0 heterocycles. The maximum atomic E-state index is 11.7. The molecule has 102 valence electrons. The van der Waals surface area contributed by atoms with E-state index in [1.54, 1.807) is 0 Å². The highest BCUT2D eigenvalue weighted by molar-refractivity contribution is 5.77. The summed E-state index contributed by atoms with van der Waals surface area (Å²) >= 11 is 0. The van der Waals surface area contributed by atoms with Gasteiger partial charge in [0.25, 0.3) is 0 Å². The lowest BCUT2D eigenvalue weighted by Gasteiger charge is -2.28. The first-order valence-electron chi connectivity index (χ1n) is 7.07. The molecule has 4 atom stereocenters. The maximum Gasteiger partial charge on any atom is 0.303 e. The Kier molecular flexibility index (Phi) is 4.25. The molecule has 2 fully saturated rings. The molecule has 4 heteroatoms. The van der Waals surface area contributed by atoms with Crippen molar-refractivity contribution < 1.29 is 14.7 Å². The Labute approximate surface area is 108 Å². The molecule has 4 nitrogen and oxygen atoms in total. The van der Waals surface area contributed by atoms with Crippen LogP contribution in [0.4, 0.5) is 0 Å². The van der Waals surface area contributed by atoms with Crippen molar-refractivity contribution in [2.75, 3.05) is 0 Å². The van der Waals surface area contributed by atoms with E-state index in [0.717, 1.165) is 11.8 Å². The van der Waals surface area contributed by atoms with Gasteiger partial charge >= 0.3 is 5.97 Å². The first kappa shape index (κ1) is 13.4. The fourth-order valence-electron chi connectivity index (χ4n) is 3.74. The van der Waals surface area contributed by atoms with Crippen LogP contribution in [0, 0.1) is 17.8 Å². The molecule has 0 aromatic heterocycles. The van der Waals surface area contributed by atoms with E-state index in [-0.39, 0.29) is 18.4 Å². The molecule has 0 unspecified atom stereocenters. The summed E-state index contributed by atoms with van der Waals surface area (Å²) in [6, 6.07) is 0.248. The minimum absolute atomic E-state index is 0.00604. The van der Waals surface area contributed by atoms with Gasteiger partial charge < -0.3 is 10.4 Å². The van der Waals surface area contributed by atoms with E-state index in [1.165, 1.54) is 25.7 Å². The van der Waals surface area contributed by atoms with Crippen LogP contribution >= 0.6 is 0 Å². The van der Waals surface area contributed by atoms with Crippen LogP contribution < -0.4 is 5.32 Å². The van der Waals surface area contributed by atoms with Gasteiger partial charge in [0.2, 0.25) is 5.91 Å². The summed E-state index contributed by atoms with van der Waals surface area (Å²) in [5, 5.41) is 11.6. The van der Waals surface area contributed by atoms with Gasteiger partial charge in [-0.3, -0.25) is 9.59 Å². The van der Waals surface area contributed by atoms with Crippen LogP contribution in [0.5, 0.6) is 0 Å². The first-order valence-corrected chi connectivity index (χ1v) is 7.07. The number of aliphatic carboxylic acids is 1. The van der Waals surface area contributed by atoms with E-state index in [1.807, 2.05) is 0 Å². The van der Waals surface area contributed by atoms with Crippen molar-refractivity contribution in [3.63, 3.8) is 0 Å². The summed E-state index contributed by atoms with van der Waals surface area (Å²) in [5.41, 5.74) is 0. The van der Waals surface area contributed by atoms with Crippen molar-refractivity contribution in [1.29, 1.82) is 0 Å². The van der Waals surface area contributed by atoms with Crippen LogP contribution in [0.1, 0.15) is 51.9 Å². The van der Waals surface area contributed by atoms with Crippen LogP contribution in [0.25, 0.3) is 0 Å². The van der Waals surface area contributed by atoms with E-state index in [9.17, 15) is 9.59 Å². The summed E-state index contributed by atoms with van der Waals surface area (Å²) in [7, 11) is 0. The number of amides is 1. The Bertz CT molecular complexity index is 329. The summed E-state index contributed by atoms with van der Waals surface area (Å²) in [6.07, 6.45) is 6.16. The Morgan fingerprint density at radius 1 is 1.28 bits per heavy atom. The highest BCUT2D eigenvalue weighted by atomic mass is 16.4. The molecule has 0 saturated heterocycles. The Hall–Kier alpha value is -1.06. The molecule has 2 N–H and O–H groups in total. The first-order chi connectivity index (χ1) is 8.56. The molecule has 0 radical (unpaired) electrons. The lowest BCUT2D eigenvalue weighted by molar-refractivity contribution is -0.137. The van der Waals surface area contributed by atoms with Gasteiger partial charge in [-0.15, -0.1) is 0 Å². The quantitative estimate of drug-likeness (QED) is 0.762. The second-order valence-corrected chi connectivity index (χ2v) is 5.94. The molecule has 2 bridgehead atoms. The van der Waals surface area contributed by atoms with Crippen LogP contribution in [0.15, 0.2) is 0 Å². The topological polar surface area (TPSA) is 66.4 Å². The second-order valence-electron chi connectivity index (χ2n) is 5.94. The summed E-state index contributed by atoms with van der Waals surface area (Å²) in [6.45, 7) is 2.10. The zero-order valence-corrected chi connectivity index (χ0v) is 11.0. The van der Waals surface area contributed by atoms with Gasteiger partial charge in [-0.05, 0) is 50.4 Å². The van der Waals surface area contributed by atoms with Crippen molar-refractivity contribution >= 4 is 11.9 Å². The standard InChI is InChI=1S/C14H23NO3/c1-9(12-8-10-5-6-11(12)7-10)15-13(16)3-2-4-14(17)18/h9-12H,2-8H2,1H3,(H,15,16)(H,17,18)/t9-,10-,11-,12-/m0/s1. The van der Waals surface area contributed by atoms with Gasteiger partial charge in [0.15, 0.2) is 0 Å². The van der Waals surface area contributed by atoms with Gasteiger partial charge in [0.05, 0.1) is 0 Å². The number of rotatable bonds is 6. The van der Waals surface area contributed by atoms with Crippen molar-refractivity contribution in [3.8, 4) is 0 Å². The van der Waals surface area contributed by atoms with Crippen molar-refractivity contribution in [1.82, 2.24) is 5.32 Å². The third-order valence-electron chi connectivity index (χ3n) is 4.62. The zero-order chi connectivity index (χ0) is 13.1. The summed E-state index contributed by atoms with van der Waals surface area (Å²) in [4.78, 5) is 22.1. The molecule has 2 rings (SSSR count). The summed E-state index contributed by atoms with van der Waals surface area (Å²) < 4.78 is 0. The number of carbonyl (C=O) groups is 2. The van der Waals surface area contributed by atoms with Crippen molar-refractivity contribution in [2.45, 2.75) is 57.9 Å². The Balaban J connectivity index is 1.69. The minimum atomic E-state index is -0.830. The molecular weight excluding hydrogens is 230 g/mol. The highest BCUT2D eigenvalue weighted by Gasteiger charge is 2.41. The smallest absolute Gasteiger partial charge is 0.303 e. The number of nitrogens with one attached hydrogen (secondary N) is 1. The molecule has 2 saturated carbocycles. The van der Waals surface area contributed by atoms with E-state index < -0.39 is 5.97 Å². The molecule has 0 aliphatic heterocycles. The van der Waals surface area contributed by atoms with E-state index >= 15 is 0 Å². The zero-order valence-electron chi connectivity index (χ0n) is 11.0. The number of carbonyl (C=O) groups excluding carboxylic acids is 1. The minimum Gasteiger partial charge on any atom is -0.481 e. The molecule has 0 spiro atoms. The lowest BCUT2D eigenvalue weighted by Crippen LogP contribution is -2.40.